The van der Waals surface area contributed by atoms with Gasteiger partial charge in [0.1, 0.15) is 0 Å². The molecule has 0 aliphatic carbocycles. The summed E-state index contributed by atoms with van der Waals surface area (Å²) in [5.41, 5.74) is 2.33. The fourth-order valence-electron chi connectivity index (χ4n) is 1.94. The summed E-state index contributed by atoms with van der Waals surface area (Å²) in [6, 6.07) is 8.33. The minimum atomic E-state index is -0.297. The van der Waals surface area contributed by atoms with Gasteiger partial charge in [-0.2, -0.15) is 0 Å². The van der Waals surface area contributed by atoms with Gasteiger partial charge >= 0.3 is 5.97 Å². The third-order valence-corrected chi connectivity index (χ3v) is 4.60. The summed E-state index contributed by atoms with van der Waals surface area (Å²) in [5, 5.41) is 0.156. The molecule has 0 saturated carbocycles. The molecule has 0 aromatic heterocycles. The zero-order valence-corrected chi connectivity index (χ0v) is 13.1. The number of hydrogen-bond acceptors (Lipinski definition) is 2. The minimum Gasteiger partial charge on any atom is -0.463 e. The molecule has 0 saturated heterocycles. The van der Waals surface area contributed by atoms with Crippen LogP contribution >= 0.6 is 9.24 Å². The number of rotatable bonds is 6. The maximum Gasteiger partial charge on any atom is 0.330 e. The summed E-state index contributed by atoms with van der Waals surface area (Å²) in [7, 11) is 2.96. The van der Waals surface area contributed by atoms with Crippen molar-refractivity contribution in [3.63, 3.8) is 0 Å². The molecule has 1 rings (SSSR count). The first kappa shape index (κ1) is 15.9. The van der Waals surface area contributed by atoms with Crippen LogP contribution in [0.1, 0.15) is 44.7 Å². The van der Waals surface area contributed by atoms with Crippen LogP contribution in [0.2, 0.25) is 0 Å². The Kier molecular flexibility index (Phi) is 6.24. The maximum absolute atomic E-state index is 11.2. The second kappa shape index (κ2) is 7.45. The zero-order chi connectivity index (χ0) is 14.3. The molecule has 3 heteroatoms. The second-order valence-corrected chi connectivity index (χ2v) is 5.68. The van der Waals surface area contributed by atoms with Gasteiger partial charge in [-0.3, -0.25) is 0 Å². The van der Waals surface area contributed by atoms with E-state index in [1.807, 2.05) is 12.1 Å². The van der Waals surface area contributed by atoms with E-state index in [9.17, 15) is 4.79 Å². The molecule has 0 aliphatic heterocycles. The van der Waals surface area contributed by atoms with E-state index in [4.69, 9.17) is 4.74 Å². The molecule has 1 atom stereocenters. The molecule has 104 valence electrons. The SMILES string of the molecule is CCOC(=O)/C=C/c1ccc(C(P)(CC)CC)cc1. The van der Waals surface area contributed by atoms with Crippen LogP contribution in [0.3, 0.4) is 0 Å². The molecule has 1 unspecified atom stereocenters. The standard InChI is InChI=1S/C16H23O2P/c1-4-16(19,5-2)14-10-7-13(8-11-14)9-12-15(17)18-6-3/h7-12H,4-6,19H2,1-3H3/b12-9+. The van der Waals surface area contributed by atoms with E-state index in [-0.39, 0.29) is 11.1 Å². The van der Waals surface area contributed by atoms with Gasteiger partial charge in [-0.1, -0.05) is 38.1 Å². The van der Waals surface area contributed by atoms with Crippen molar-refractivity contribution >= 4 is 21.3 Å². The summed E-state index contributed by atoms with van der Waals surface area (Å²) in [6.45, 7) is 6.61. The van der Waals surface area contributed by atoms with Crippen LogP contribution in [0.4, 0.5) is 0 Å². The smallest absolute Gasteiger partial charge is 0.330 e. The van der Waals surface area contributed by atoms with Crippen LogP contribution in [-0.4, -0.2) is 12.6 Å². The third kappa shape index (κ3) is 4.47. The zero-order valence-electron chi connectivity index (χ0n) is 12.0. The summed E-state index contributed by atoms with van der Waals surface area (Å²) >= 11 is 0. The fraction of sp³-hybridized carbons (Fsp3) is 0.438. The van der Waals surface area contributed by atoms with Crippen molar-refractivity contribution in [3.05, 3.63) is 41.5 Å². The highest BCUT2D eigenvalue weighted by atomic mass is 31.0. The highest BCUT2D eigenvalue weighted by Gasteiger charge is 2.21. The Morgan fingerprint density at radius 1 is 1.21 bits per heavy atom. The summed E-state index contributed by atoms with van der Waals surface area (Å²) in [6.07, 6.45) is 5.43. The number of carbonyl (C=O) groups excluding carboxylic acids is 1. The van der Waals surface area contributed by atoms with E-state index < -0.39 is 0 Å². The molecular weight excluding hydrogens is 255 g/mol. The lowest BCUT2D eigenvalue weighted by molar-refractivity contribution is -0.137. The van der Waals surface area contributed by atoms with Crippen molar-refractivity contribution in [3.8, 4) is 0 Å². The Hall–Kier alpha value is -1.14. The van der Waals surface area contributed by atoms with Gasteiger partial charge in [0.25, 0.3) is 0 Å². The fourth-order valence-corrected chi connectivity index (χ4v) is 2.13. The number of esters is 1. The van der Waals surface area contributed by atoms with Gasteiger partial charge in [0.15, 0.2) is 0 Å². The molecule has 0 amide bonds. The molecule has 1 aromatic rings. The number of ether oxygens (including phenoxy) is 1. The molecule has 0 fully saturated rings. The first-order valence-electron chi connectivity index (χ1n) is 6.80. The van der Waals surface area contributed by atoms with Crippen LogP contribution in [-0.2, 0) is 14.7 Å². The van der Waals surface area contributed by atoms with Gasteiger partial charge < -0.3 is 4.74 Å². The molecule has 2 nitrogen and oxygen atoms in total. The van der Waals surface area contributed by atoms with Gasteiger partial charge in [0.05, 0.1) is 6.61 Å². The normalized spacial score (nSPS) is 11.8. The lowest BCUT2D eigenvalue weighted by Gasteiger charge is -2.27. The van der Waals surface area contributed by atoms with E-state index in [0.717, 1.165) is 18.4 Å². The van der Waals surface area contributed by atoms with Gasteiger partial charge in [-0.25, -0.2) is 4.79 Å². The van der Waals surface area contributed by atoms with Gasteiger partial charge in [0, 0.05) is 11.2 Å². The Bertz CT molecular complexity index is 431. The van der Waals surface area contributed by atoms with E-state index in [0.29, 0.717) is 6.61 Å². The highest BCUT2D eigenvalue weighted by molar-refractivity contribution is 7.18. The number of benzene rings is 1. The van der Waals surface area contributed by atoms with Crippen molar-refractivity contribution < 1.29 is 9.53 Å². The molecule has 0 N–H and O–H groups in total. The predicted molar refractivity (Wildman–Crippen MR) is 84.1 cm³/mol. The minimum absolute atomic E-state index is 0.156. The Morgan fingerprint density at radius 2 is 1.79 bits per heavy atom. The first-order chi connectivity index (χ1) is 9.05. The Labute approximate surface area is 118 Å². The first-order valence-corrected chi connectivity index (χ1v) is 7.37. The van der Waals surface area contributed by atoms with Crippen molar-refractivity contribution in [1.82, 2.24) is 0 Å². The molecule has 1 aromatic carbocycles. The Balaban J connectivity index is 2.79. The van der Waals surface area contributed by atoms with Crippen molar-refractivity contribution in [2.24, 2.45) is 0 Å². The largest absolute Gasteiger partial charge is 0.463 e. The van der Waals surface area contributed by atoms with Crippen molar-refractivity contribution in [2.75, 3.05) is 6.61 Å². The molecule has 0 bridgehead atoms. The van der Waals surface area contributed by atoms with E-state index in [2.05, 4.69) is 35.2 Å². The van der Waals surface area contributed by atoms with E-state index in [1.165, 1.54) is 11.6 Å². The molecule has 0 spiro atoms. The van der Waals surface area contributed by atoms with E-state index >= 15 is 0 Å². The molecule has 19 heavy (non-hydrogen) atoms. The highest BCUT2D eigenvalue weighted by Crippen LogP contribution is 2.38. The summed E-state index contributed by atoms with van der Waals surface area (Å²) in [5.74, 6) is -0.297. The van der Waals surface area contributed by atoms with Gasteiger partial charge in [0.2, 0.25) is 0 Å². The molecule has 0 radical (unpaired) electrons. The second-order valence-electron chi connectivity index (χ2n) is 4.57. The third-order valence-electron chi connectivity index (χ3n) is 3.45. The van der Waals surface area contributed by atoms with Gasteiger partial charge in [-0.15, -0.1) is 9.24 Å². The van der Waals surface area contributed by atoms with Crippen molar-refractivity contribution in [1.29, 1.82) is 0 Å². The monoisotopic (exact) mass is 278 g/mol. The molecule has 0 aliphatic rings. The van der Waals surface area contributed by atoms with Crippen LogP contribution < -0.4 is 0 Å². The topological polar surface area (TPSA) is 26.3 Å². The van der Waals surface area contributed by atoms with Crippen LogP contribution in [0.15, 0.2) is 30.3 Å². The lowest BCUT2D eigenvalue weighted by atomic mass is 9.92. The predicted octanol–water partition coefficient (Wildman–Crippen LogP) is 4.15. The van der Waals surface area contributed by atoms with Crippen LogP contribution in [0.5, 0.6) is 0 Å². The van der Waals surface area contributed by atoms with Crippen molar-refractivity contribution in [2.45, 2.75) is 38.8 Å². The van der Waals surface area contributed by atoms with Crippen LogP contribution in [0.25, 0.3) is 6.08 Å². The molecule has 0 heterocycles. The number of carbonyl (C=O) groups is 1. The summed E-state index contributed by atoms with van der Waals surface area (Å²) < 4.78 is 4.85. The van der Waals surface area contributed by atoms with E-state index in [1.54, 1.807) is 13.0 Å². The quantitative estimate of drug-likeness (QED) is 0.444. The maximum atomic E-state index is 11.2. The lowest BCUT2D eigenvalue weighted by Crippen LogP contribution is -2.14. The average Bonchev–Trinajstić information content (AvgIpc) is 2.45. The summed E-state index contributed by atoms with van der Waals surface area (Å²) in [4.78, 5) is 11.2. The number of hydrogen-bond donors (Lipinski definition) is 0. The van der Waals surface area contributed by atoms with Crippen LogP contribution in [0, 0.1) is 0 Å². The Morgan fingerprint density at radius 3 is 2.26 bits per heavy atom. The average molecular weight is 278 g/mol. The van der Waals surface area contributed by atoms with Gasteiger partial charge in [-0.05, 0) is 37.0 Å². The molecular formula is C16H23O2P.